The van der Waals surface area contributed by atoms with E-state index in [0.29, 0.717) is 0 Å². The van der Waals surface area contributed by atoms with Crippen LogP contribution in [-0.4, -0.2) is 15.8 Å². The summed E-state index contributed by atoms with van der Waals surface area (Å²) in [6.07, 6.45) is 6.59. The lowest BCUT2D eigenvalue weighted by Gasteiger charge is -2.20. The minimum atomic E-state index is 0.133. The van der Waals surface area contributed by atoms with E-state index in [4.69, 9.17) is 10.2 Å². The molecule has 0 amide bonds. The molecule has 0 spiro atoms. The molecule has 18 heavy (non-hydrogen) atoms. The lowest BCUT2D eigenvalue weighted by Crippen LogP contribution is -2.25. The molecule has 2 atom stereocenters. The van der Waals surface area contributed by atoms with E-state index in [-0.39, 0.29) is 11.3 Å². The highest BCUT2D eigenvalue weighted by atomic mass is 32.2. The number of aryl methyl sites for hydroxylation is 1. The van der Waals surface area contributed by atoms with Crippen molar-refractivity contribution in [1.29, 1.82) is 0 Å². The van der Waals surface area contributed by atoms with Gasteiger partial charge in [0.15, 0.2) is 0 Å². The molecular formula is C13H19N3OS. The third-order valence-corrected chi connectivity index (χ3v) is 4.33. The van der Waals surface area contributed by atoms with Crippen LogP contribution >= 0.6 is 11.8 Å². The lowest BCUT2D eigenvalue weighted by molar-refractivity contribution is 0.529. The normalized spacial score (nSPS) is 14.6. The van der Waals surface area contributed by atoms with Crippen LogP contribution in [-0.2, 0) is 12.8 Å². The second-order valence-electron chi connectivity index (χ2n) is 4.33. The molecule has 2 N–H and O–H groups in total. The Kier molecular flexibility index (Phi) is 4.49. The van der Waals surface area contributed by atoms with Gasteiger partial charge in [-0.1, -0.05) is 6.92 Å². The molecule has 0 saturated carbocycles. The van der Waals surface area contributed by atoms with Crippen LogP contribution in [0.4, 0.5) is 0 Å². The van der Waals surface area contributed by atoms with Gasteiger partial charge in [-0.25, -0.2) is 0 Å². The van der Waals surface area contributed by atoms with Gasteiger partial charge >= 0.3 is 0 Å². The fraction of sp³-hybridized carbons (Fsp3) is 0.462. The van der Waals surface area contributed by atoms with Gasteiger partial charge in [0, 0.05) is 30.1 Å². The van der Waals surface area contributed by atoms with Crippen LogP contribution in [0.1, 0.15) is 29.9 Å². The summed E-state index contributed by atoms with van der Waals surface area (Å²) in [6.45, 7) is 2.11. The van der Waals surface area contributed by atoms with E-state index in [1.165, 1.54) is 5.56 Å². The average Bonchev–Trinajstić information content (AvgIpc) is 3.01. The molecule has 0 aliphatic heterocycles. The monoisotopic (exact) mass is 265 g/mol. The van der Waals surface area contributed by atoms with Crippen LogP contribution in [0.3, 0.4) is 0 Å². The van der Waals surface area contributed by atoms with Gasteiger partial charge < -0.3 is 10.2 Å². The fourth-order valence-electron chi connectivity index (χ4n) is 1.83. The second kappa shape index (κ2) is 6.11. The molecule has 0 saturated heterocycles. The molecule has 0 aliphatic rings. The summed E-state index contributed by atoms with van der Waals surface area (Å²) in [5.74, 6) is 1.82. The van der Waals surface area contributed by atoms with E-state index in [2.05, 4.69) is 12.0 Å². The highest BCUT2D eigenvalue weighted by Gasteiger charge is 2.20. The van der Waals surface area contributed by atoms with E-state index in [1.54, 1.807) is 18.0 Å². The predicted octanol–water partition coefficient (Wildman–Crippen LogP) is 2.72. The zero-order valence-corrected chi connectivity index (χ0v) is 11.6. The third kappa shape index (κ3) is 3.17. The van der Waals surface area contributed by atoms with Crippen molar-refractivity contribution < 1.29 is 4.42 Å². The number of thioether (sulfide) groups is 1. The summed E-state index contributed by atoms with van der Waals surface area (Å²) in [5.41, 5.74) is 7.39. The Labute approximate surface area is 112 Å². The van der Waals surface area contributed by atoms with Gasteiger partial charge in [-0.15, -0.1) is 11.8 Å². The molecular weight excluding hydrogens is 246 g/mol. The minimum absolute atomic E-state index is 0.133. The molecule has 0 aromatic carbocycles. The molecule has 2 rings (SSSR count). The number of furan rings is 1. The van der Waals surface area contributed by atoms with Crippen molar-refractivity contribution >= 4 is 11.8 Å². The van der Waals surface area contributed by atoms with Crippen molar-refractivity contribution in [3.05, 3.63) is 42.1 Å². The summed E-state index contributed by atoms with van der Waals surface area (Å²) in [5, 5.41) is 4.48. The first kappa shape index (κ1) is 13.2. The SMILES string of the molecule is CCC(N)C(SCc1ccco1)c1cnn(C)c1. The highest BCUT2D eigenvalue weighted by molar-refractivity contribution is 7.98. The van der Waals surface area contributed by atoms with Gasteiger partial charge in [-0.2, -0.15) is 5.10 Å². The first-order chi connectivity index (χ1) is 8.70. The van der Waals surface area contributed by atoms with Crippen LogP contribution in [0.2, 0.25) is 0 Å². The first-order valence-corrected chi connectivity index (χ1v) is 7.13. The predicted molar refractivity (Wildman–Crippen MR) is 74.2 cm³/mol. The maximum absolute atomic E-state index is 6.21. The van der Waals surface area contributed by atoms with E-state index in [1.807, 2.05) is 36.3 Å². The van der Waals surface area contributed by atoms with Crippen molar-refractivity contribution in [2.45, 2.75) is 30.4 Å². The Morgan fingerprint density at radius 1 is 1.56 bits per heavy atom. The summed E-state index contributed by atoms with van der Waals surface area (Å²) >= 11 is 1.81. The summed E-state index contributed by atoms with van der Waals surface area (Å²) in [6, 6.07) is 4.04. The quantitative estimate of drug-likeness (QED) is 0.872. The molecule has 98 valence electrons. The molecule has 0 aliphatic carbocycles. The summed E-state index contributed by atoms with van der Waals surface area (Å²) in [7, 11) is 1.93. The van der Waals surface area contributed by atoms with Gasteiger partial charge in [0.25, 0.3) is 0 Å². The van der Waals surface area contributed by atoms with Crippen LogP contribution in [0.5, 0.6) is 0 Å². The number of aromatic nitrogens is 2. The largest absolute Gasteiger partial charge is 0.468 e. The van der Waals surface area contributed by atoms with Crippen molar-refractivity contribution in [3.8, 4) is 0 Å². The van der Waals surface area contributed by atoms with Crippen molar-refractivity contribution in [2.24, 2.45) is 12.8 Å². The Morgan fingerprint density at radius 3 is 2.94 bits per heavy atom. The smallest absolute Gasteiger partial charge is 0.113 e. The Hall–Kier alpha value is -1.20. The highest BCUT2D eigenvalue weighted by Crippen LogP contribution is 2.34. The van der Waals surface area contributed by atoms with Crippen molar-refractivity contribution in [2.75, 3.05) is 0 Å². The molecule has 2 unspecified atom stereocenters. The summed E-state index contributed by atoms with van der Waals surface area (Å²) < 4.78 is 7.17. The second-order valence-corrected chi connectivity index (χ2v) is 5.46. The number of hydrogen-bond acceptors (Lipinski definition) is 4. The van der Waals surface area contributed by atoms with Crippen LogP contribution in [0.15, 0.2) is 35.2 Å². The van der Waals surface area contributed by atoms with E-state index < -0.39 is 0 Å². The number of hydrogen-bond donors (Lipinski definition) is 1. The molecule has 0 bridgehead atoms. The van der Waals surface area contributed by atoms with E-state index >= 15 is 0 Å². The topological polar surface area (TPSA) is 57.0 Å². The van der Waals surface area contributed by atoms with Crippen LogP contribution < -0.4 is 5.73 Å². The maximum atomic E-state index is 6.21. The zero-order chi connectivity index (χ0) is 13.0. The van der Waals surface area contributed by atoms with Crippen LogP contribution in [0.25, 0.3) is 0 Å². The van der Waals surface area contributed by atoms with Crippen molar-refractivity contribution in [3.63, 3.8) is 0 Å². The van der Waals surface area contributed by atoms with Gasteiger partial charge in [-0.3, -0.25) is 4.68 Å². The molecule has 2 aromatic heterocycles. The molecule has 2 aromatic rings. The summed E-state index contributed by atoms with van der Waals surface area (Å²) in [4.78, 5) is 0. The third-order valence-electron chi connectivity index (χ3n) is 2.90. The Balaban J connectivity index is 2.05. The minimum Gasteiger partial charge on any atom is -0.468 e. The zero-order valence-electron chi connectivity index (χ0n) is 10.7. The number of nitrogens with zero attached hydrogens (tertiary/aromatic N) is 2. The van der Waals surface area contributed by atoms with Crippen LogP contribution in [0, 0.1) is 0 Å². The van der Waals surface area contributed by atoms with Gasteiger partial charge in [0.05, 0.1) is 18.2 Å². The first-order valence-electron chi connectivity index (χ1n) is 6.08. The van der Waals surface area contributed by atoms with Gasteiger partial charge in [0.1, 0.15) is 5.76 Å². The Bertz CT molecular complexity index is 466. The molecule has 0 radical (unpaired) electrons. The molecule has 4 nitrogen and oxygen atoms in total. The molecule has 0 fully saturated rings. The lowest BCUT2D eigenvalue weighted by atomic mass is 10.1. The van der Waals surface area contributed by atoms with Crippen molar-refractivity contribution in [1.82, 2.24) is 9.78 Å². The number of nitrogens with two attached hydrogens (primary N) is 1. The van der Waals surface area contributed by atoms with E-state index in [9.17, 15) is 0 Å². The van der Waals surface area contributed by atoms with Gasteiger partial charge in [0.2, 0.25) is 0 Å². The number of rotatable bonds is 6. The molecule has 5 heteroatoms. The fourth-order valence-corrected chi connectivity index (χ4v) is 3.10. The van der Waals surface area contributed by atoms with E-state index in [0.717, 1.165) is 17.9 Å². The maximum Gasteiger partial charge on any atom is 0.113 e. The Morgan fingerprint density at radius 2 is 2.39 bits per heavy atom. The van der Waals surface area contributed by atoms with Gasteiger partial charge in [-0.05, 0) is 18.6 Å². The molecule has 2 heterocycles. The average molecular weight is 265 g/mol. The standard InChI is InChI=1S/C13H19N3OS/c1-3-12(14)13(10-7-15-16(2)8-10)18-9-11-5-4-6-17-11/h4-8,12-13H,3,9,14H2,1-2H3.